The van der Waals surface area contributed by atoms with Gasteiger partial charge < -0.3 is 9.84 Å². The number of halogens is 1. The van der Waals surface area contributed by atoms with Crippen molar-refractivity contribution in [3.05, 3.63) is 29.8 Å². The van der Waals surface area contributed by atoms with E-state index in [0.29, 0.717) is 30.9 Å². The minimum absolute atomic E-state index is 0. The van der Waals surface area contributed by atoms with Crippen LogP contribution in [0.15, 0.2) is 24.3 Å². The summed E-state index contributed by atoms with van der Waals surface area (Å²) in [5.74, 6) is -1.09. The van der Waals surface area contributed by atoms with Gasteiger partial charge in [0.15, 0.2) is 0 Å². The molecule has 2 N–H and O–H groups in total. The first-order chi connectivity index (χ1) is 15.0. The fourth-order valence-electron chi connectivity index (χ4n) is 4.80. The lowest BCUT2D eigenvalue weighted by Gasteiger charge is -2.28. The lowest BCUT2D eigenvalue weighted by Crippen LogP contribution is -2.53. The molecule has 2 atom stereocenters. The van der Waals surface area contributed by atoms with Gasteiger partial charge in [-0.25, -0.2) is 0 Å². The molecule has 0 radical (unpaired) electrons. The summed E-state index contributed by atoms with van der Waals surface area (Å²) in [4.78, 5) is 38.7. The Balaban J connectivity index is 0.00000363. The minimum Gasteiger partial charge on any atom is -0.480 e. The maximum Gasteiger partial charge on any atom is 0.323 e. The van der Waals surface area contributed by atoms with E-state index in [0.717, 1.165) is 12.0 Å². The van der Waals surface area contributed by atoms with E-state index in [1.807, 2.05) is 12.1 Å². The summed E-state index contributed by atoms with van der Waals surface area (Å²) >= 11 is 0. The van der Waals surface area contributed by atoms with Crippen molar-refractivity contribution in [2.75, 3.05) is 18.1 Å². The molecule has 178 valence electrons. The van der Waals surface area contributed by atoms with E-state index < -0.39 is 24.6 Å². The molecule has 2 aliphatic rings. The number of carboxylic acids is 1. The van der Waals surface area contributed by atoms with Crippen LogP contribution >= 0.6 is 12.4 Å². The smallest absolute Gasteiger partial charge is 0.323 e. The van der Waals surface area contributed by atoms with Gasteiger partial charge in [-0.3, -0.25) is 24.6 Å². The number of aliphatic carboxylic acids is 1. The standard InChI is InChI=1S/C24H34N2O5.ClH/c1-2-31-24(30)20(14-12-17-8-4-3-5-9-17)25-19-15-13-18-10-6-7-11-21(18)26(23(19)29)16-22(27)28;/h6-7,10-11,17,19-20,25H,2-5,8-9,12-16H2,1H3,(H,27,28);1H/t19-,20?;/m0./s1. The molecule has 0 aromatic heterocycles. The zero-order valence-corrected chi connectivity index (χ0v) is 19.6. The average molecular weight is 467 g/mol. The second kappa shape index (κ2) is 12.8. The van der Waals surface area contributed by atoms with Crippen molar-refractivity contribution in [3.8, 4) is 0 Å². The van der Waals surface area contributed by atoms with Gasteiger partial charge >= 0.3 is 11.9 Å². The zero-order chi connectivity index (χ0) is 22.2. The number of carboxylic acid groups (broad SMARTS) is 1. The number of hydrogen-bond donors (Lipinski definition) is 2. The Kier molecular flexibility index (Phi) is 10.5. The number of nitrogens with one attached hydrogen (secondary N) is 1. The fraction of sp³-hybridized carbons (Fsp3) is 0.625. The van der Waals surface area contributed by atoms with Gasteiger partial charge in [0.1, 0.15) is 12.6 Å². The molecule has 1 fully saturated rings. The summed E-state index contributed by atoms with van der Waals surface area (Å²) in [6.07, 6.45) is 8.85. The Morgan fingerprint density at radius 1 is 1.19 bits per heavy atom. The Morgan fingerprint density at radius 3 is 2.59 bits per heavy atom. The third kappa shape index (κ3) is 6.94. The molecule has 1 aromatic rings. The van der Waals surface area contributed by atoms with E-state index in [-0.39, 0.29) is 30.9 Å². The molecule has 1 unspecified atom stereocenters. The van der Waals surface area contributed by atoms with Gasteiger partial charge in [0.2, 0.25) is 5.91 Å². The molecule has 0 spiro atoms. The van der Waals surface area contributed by atoms with Crippen molar-refractivity contribution in [2.45, 2.75) is 76.8 Å². The topological polar surface area (TPSA) is 95.9 Å². The number of amides is 1. The largest absolute Gasteiger partial charge is 0.480 e. The van der Waals surface area contributed by atoms with E-state index in [1.54, 1.807) is 19.1 Å². The number of nitrogens with zero attached hydrogens (tertiary/aromatic N) is 1. The number of carbonyl (C=O) groups is 3. The number of rotatable bonds is 9. The quantitative estimate of drug-likeness (QED) is 0.538. The number of benzene rings is 1. The zero-order valence-electron chi connectivity index (χ0n) is 18.8. The van der Waals surface area contributed by atoms with Gasteiger partial charge in [-0.15, -0.1) is 12.4 Å². The molecule has 32 heavy (non-hydrogen) atoms. The molecule has 1 amide bonds. The van der Waals surface area contributed by atoms with Crippen LogP contribution in [0, 0.1) is 5.92 Å². The molecular weight excluding hydrogens is 432 g/mol. The molecule has 1 saturated carbocycles. The first-order valence-corrected chi connectivity index (χ1v) is 11.5. The number of esters is 1. The number of hydrogen-bond acceptors (Lipinski definition) is 5. The van der Waals surface area contributed by atoms with Gasteiger partial charge in [0, 0.05) is 5.69 Å². The highest BCUT2D eigenvalue weighted by Gasteiger charge is 2.34. The van der Waals surface area contributed by atoms with E-state index in [1.165, 1.54) is 37.0 Å². The predicted molar refractivity (Wildman–Crippen MR) is 125 cm³/mol. The summed E-state index contributed by atoms with van der Waals surface area (Å²) in [6, 6.07) is 6.20. The van der Waals surface area contributed by atoms with Crippen LogP contribution < -0.4 is 10.2 Å². The van der Waals surface area contributed by atoms with Gasteiger partial charge in [0.05, 0.1) is 12.6 Å². The van der Waals surface area contributed by atoms with E-state index in [9.17, 15) is 19.5 Å². The van der Waals surface area contributed by atoms with Crippen LogP contribution in [0.5, 0.6) is 0 Å². The van der Waals surface area contributed by atoms with Gasteiger partial charge in [-0.1, -0.05) is 50.3 Å². The van der Waals surface area contributed by atoms with Gasteiger partial charge in [-0.05, 0) is 50.2 Å². The summed E-state index contributed by atoms with van der Waals surface area (Å²) in [6.45, 7) is 1.66. The summed E-state index contributed by atoms with van der Waals surface area (Å²) in [7, 11) is 0. The monoisotopic (exact) mass is 466 g/mol. The molecule has 7 nitrogen and oxygen atoms in total. The molecule has 8 heteroatoms. The van der Waals surface area contributed by atoms with Crippen molar-refractivity contribution < 1.29 is 24.2 Å². The third-order valence-electron chi connectivity index (χ3n) is 6.40. The molecule has 3 rings (SSSR count). The Labute approximate surface area is 196 Å². The maximum absolute atomic E-state index is 13.3. The lowest BCUT2D eigenvalue weighted by atomic mass is 9.85. The van der Waals surface area contributed by atoms with E-state index >= 15 is 0 Å². The molecule has 0 saturated heterocycles. The van der Waals surface area contributed by atoms with Crippen molar-refractivity contribution in [1.29, 1.82) is 0 Å². The normalized spacial score (nSPS) is 20.0. The van der Waals surface area contributed by atoms with Crippen LogP contribution in [0.4, 0.5) is 5.69 Å². The van der Waals surface area contributed by atoms with Crippen molar-refractivity contribution in [1.82, 2.24) is 5.32 Å². The second-order valence-electron chi connectivity index (χ2n) is 8.59. The number of para-hydroxylation sites is 1. The highest BCUT2D eigenvalue weighted by atomic mass is 35.5. The molecular formula is C24H35ClN2O5. The molecule has 0 bridgehead atoms. The second-order valence-corrected chi connectivity index (χ2v) is 8.59. The molecule has 1 aliphatic heterocycles. The molecule has 1 aliphatic carbocycles. The fourth-order valence-corrected chi connectivity index (χ4v) is 4.80. The SMILES string of the molecule is CCOC(=O)C(CCC1CCCCC1)N[C@H]1CCc2ccccc2N(CC(=O)O)C1=O.Cl. The number of fused-ring (bicyclic) bond motifs is 1. The summed E-state index contributed by atoms with van der Waals surface area (Å²) in [5, 5.41) is 12.6. The number of carbonyl (C=O) groups excluding carboxylic acids is 2. The van der Waals surface area contributed by atoms with Crippen molar-refractivity contribution in [2.24, 2.45) is 5.92 Å². The van der Waals surface area contributed by atoms with E-state index in [2.05, 4.69) is 5.32 Å². The average Bonchev–Trinajstić information content (AvgIpc) is 2.89. The molecule has 1 heterocycles. The van der Waals surface area contributed by atoms with Crippen LogP contribution in [-0.2, 0) is 25.5 Å². The lowest BCUT2D eigenvalue weighted by molar-refractivity contribution is -0.146. The minimum atomic E-state index is -1.07. The van der Waals surface area contributed by atoms with Crippen molar-refractivity contribution >= 4 is 35.9 Å². The highest BCUT2D eigenvalue weighted by molar-refractivity contribution is 6.02. The Bertz CT molecular complexity index is 781. The van der Waals surface area contributed by atoms with Crippen molar-refractivity contribution in [3.63, 3.8) is 0 Å². The highest BCUT2D eigenvalue weighted by Crippen LogP contribution is 2.29. The van der Waals surface area contributed by atoms with Crippen LogP contribution in [0.3, 0.4) is 0 Å². The molecule has 1 aromatic carbocycles. The van der Waals surface area contributed by atoms with E-state index in [4.69, 9.17) is 4.74 Å². The first kappa shape index (κ1) is 26.1. The van der Waals surface area contributed by atoms with Crippen LogP contribution in [0.1, 0.15) is 63.9 Å². The number of anilines is 1. The van der Waals surface area contributed by atoms with Crippen LogP contribution in [0.2, 0.25) is 0 Å². The predicted octanol–water partition coefficient (Wildman–Crippen LogP) is 3.72. The first-order valence-electron chi connectivity index (χ1n) is 11.5. The van der Waals surface area contributed by atoms with Gasteiger partial charge in [0.25, 0.3) is 0 Å². The Hall–Kier alpha value is -2.12. The Morgan fingerprint density at radius 2 is 1.91 bits per heavy atom. The third-order valence-corrected chi connectivity index (χ3v) is 6.40. The van der Waals surface area contributed by atoms with Crippen LogP contribution in [-0.4, -0.2) is 48.2 Å². The number of aryl methyl sites for hydroxylation is 1. The number of ether oxygens (including phenoxy) is 1. The van der Waals surface area contributed by atoms with Gasteiger partial charge in [-0.2, -0.15) is 0 Å². The maximum atomic E-state index is 13.3. The van der Waals surface area contributed by atoms with Crippen LogP contribution in [0.25, 0.3) is 0 Å². The summed E-state index contributed by atoms with van der Waals surface area (Å²) in [5.41, 5.74) is 1.57. The summed E-state index contributed by atoms with van der Waals surface area (Å²) < 4.78 is 5.28.